The van der Waals surface area contributed by atoms with Gasteiger partial charge in [-0.25, -0.2) is 0 Å². The van der Waals surface area contributed by atoms with Crippen LogP contribution >= 0.6 is 0 Å². The molecule has 0 spiro atoms. The molecular weight excluding hydrogens is 220 g/mol. The highest BCUT2D eigenvalue weighted by Gasteiger charge is 2.38. The van der Waals surface area contributed by atoms with Crippen LogP contribution in [0, 0.1) is 17.8 Å². The lowest BCUT2D eigenvalue weighted by atomic mass is 9.93. The number of piperazine rings is 1. The molecule has 0 amide bonds. The third-order valence-electron chi connectivity index (χ3n) is 5.30. The molecule has 1 N–H and O–H groups in total. The van der Waals surface area contributed by atoms with Gasteiger partial charge in [-0.3, -0.25) is 4.90 Å². The summed E-state index contributed by atoms with van der Waals surface area (Å²) in [4.78, 5) is 2.82. The van der Waals surface area contributed by atoms with Crippen LogP contribution in [-0.2, 0) is 0 Å². The first-order chi connectivity index (χ1) is 8.49. The lowest BCUT2D eigenvalue weighted by Crippen LogP contribution is -2.59. The van der Waals surface area contributed by atoms with Crippen molar-refractivity contribution in [3.63, 3.8) is 0 Å². The summed E-state index contributed by atoms with van der Waals surface area (Å²) in [6, 6.07) is 2.27. The Hall–Kier alpha value is -0.0800. The van der Waals surface area contributed by atoms with Crippen LogP contribution in [0.4, 0.5) is 0 Å². The summed E-state index contributed by atoms with van der Waals surface area (Å²) in [5, 5.41) is 3.74. The Morgan fingerprint density at radius 1 is 1.17 bits per heavy atom. The van der Waals surface area contributed by atoms with Gasteiger partial charge in [-0.05, 0) is 43.9 Å². The summed E-state index contributed by atoms with van der Waals surface area (Å²) in [5.74, 6) is 2.60. The summed E-state index contributed by atoms with van der Waals surface area (Å²) in [5.41, 5.74) is 0. The molecular formula is C16H32N2. The molecule has 0 aromatic heterocycles. The fraction of sp³-hybridized carbons (Fsp3) is 1.00. The first kappa shape index (κ1) is 14.3. The van der Waals surface area contributed by atoms with Crippen LogP contribution in [0.1, 0.15) is 53.9 Å². The van der Waals surface area contributed by atoms with Crippen molar-refractivity contribution in [2.24, 2.45) is 17.8 Å². The SMILES string of the molecule is CC(C)CC1CN(C2CCC(C)C2C)C(C)CN1. The Morgan fingerprint density at radius 2 is 1.89 bits per heavy atom. The van der Waals surface area contributed by atoms with E-state index in [-0.39, 0.29) is 0 Å². The van der Waals surface area contributed by atoms with Crippen LogP contribution in [0.5, 0.6) is 0 Å². The zero-order chi connectivity index (χ0) is 13.3. The minimum Gasteiger partial charge on any atom is -0.311 e. The molecule has 0 bridgehead atoms. The van der Waals surface area contributed by atoms with Crippen molar-refractivity contribution in [1.29, 1.82) is 0 Å². The minimum atomic E-state index is 0.712. The normalized spacial score (nSPS) is 42.7. The maximum atomic E-state index is 3.74. The highest BCUT2D eigenvalue weighted by molar-refractivity contribution is 4.94. The summed E-state index contributed by atoms with van der Waals surface area (Å²) in [6.45, 7) is 14.4. The molecule has 2 rings (SSSR count). The molecule has 5 unspecified atom stereocenters. The second-order valence-corrected chi connectivity index (χ2v) is 7.26. The van der Waals surface area contributed by atoms with E-state index in [2.05, 4.69) is 44.8 Å². The third kappa shape index (κ3) is 3.08. The third-order valence-corrected chi connectivity index (χ3v) is 5.30. The predicted octanol–water partition coefficient (Wildman–Crippen LogP) is 3.13. The number of nitrogens with one attached hydrogen (secondary N) is 1. The topological polar surface area (TPSA) is 15.3 Å². The van der Waals surface area contributed by atoms with E-state index in [0.29, 0.717) is 12.1 Å². The summed E-state index contributed by atoms with van der Waals surface area (Å²) < 4.78 is 0. The maximum Gasteiger partial charge on any atom is 0.0198 e. The van der Waals surface area contributed by atoms with Gasteiger partial charge < -0.3 is 5.32 Å². The molecule has 1 aliphatic carbocycles. The molecule has 0 radical (unpaired) electrons. The van der Waals surface area contributed by atoms with Gasteiger partial charge in [0.25, 0.3) is 0 Å². The highest BCUT2D eigenvalue weighted by atomic mass is 15.3. The molecule has 18 heavy (non-hydrogen) atoms. The molecule has 2 heteroatoms. The van der Waals surface area contributed by atoms with E-state index < -0.39 is 0 Å². The van der Waals surface area contributed by atoms with Crippen molar-refractivity contribution in [2.75, 3.05) is 13.1 Å². The number of rotatable bonds is 3. The Kier molecular flexibility index (Phi) is 4.71. The van der Waals surface area contributed by atoms with Crippen molar-refractivity contribution >= 4 is 0 Å². The lowest BCUT2D eigenvalue weighted by Gasteiger charge is -2.44. The standard InChI is InChI=1S/C16H32N2/c1-11(2)8-15-10-18(13(4)9-17-15)16-7-6-12(3)14(16)5/h11-17H,6-10H2,1-5H3. The molecule has 5 atom stereocenters. The lowest BCUT2D eigenvalue weighted by molar-refractivity contribution is 0.0647. The first-order valence-corrected chi connectivity index (χ1v) is 7.98. The van der Waals surface area contributed by atoms with E-state index in [9.17, 15) is 0 Å². The molecule has 1 saturated carbocycles. The highest BCUT2D eigenvalue weighted by Crippen LogP contribution is 2.36. The fourth-order valence-corrected chi connectivity index (χ4v) is 3.95. The second kappa shape index (κ2) is 5.92. The minimum absolute atomic E-state index is 0.712. The average Bonchev–Trinajstić information content (AvgIpc) is 2.62. The molecule has 0 aromatic rings. The first-order valence-electron chi connectivity index (χ1n) is 7.98. The number of hydrogen-bond acceptors (Lipinski definition) is 2. The monoisotopic (exact) mass is 252 g/mol. The summed E-state index contributed by atoms with van der Waals surface area (Å²) in [7, 11) is 0. The number of nitrogens with zero attached hydrogens (tertiary/aromatic N) is 1. The van der Waals surface area contributed by atoms with Crippen molar-refractivity contribution in [2.45, 2.75) is 72.0 Å². The Labute approximate surface area is 114 Å². The van der Waals surface area contributed by atoms with Crippen LogP contribution < -0.4 is 5.32 Å². The molecule has 2 nitrogen and oxygen atoms in total. The van der Waals surface area contributed by atoms with Gasteiger partial charge >= 0.3 is 0 Å². The van der Waals surface area contributed by atoms with Crippen LogP contribution in [0.3, 0.4) is 0 Å². The van der Waals surface area contributed by atoms with Crippen LogP contribution in [0.15, 0.2) is 0 Å². The zero-order valence-corrected chi connectivity index (χ0v) is 12.9. The largest absolute Gasteiger partial charge is 0.311 e. The van der Waals surface area contributed by atoms with Gasteiger partial charge in [0.1, 0.15) is 0 Å². The van der Waals surface area contributed by atoms with Crippen molar-refractivity contribution in [1.82, 2.24) is 10.2 Å². The van der Waals surface area contributed by atoms with Gasteiger partial charge in [0.2, 0.25) is 0 Å². The molecule has 1 saturated heterocycles. The van der Waals surface area contributed by atoms with E-state index in [1.54, 1.807) is 0 Å². The molecule has 0 aromatic carbocycles. The van der Waals surface area contributed by atoms with Gasteiger partial charge in [0, 0.05) is 31.2 Å². The zero-order valence-electron chi connectivity index (χ0n) is 12.9. The van der Waals surface area contributed by atoms with Crippen LogP contribution in [0.2, 0.25) is 0 Å². The fourth-order valence-electron chi connectivity index (χ4n) is 3.95. The van der Waals surface area contributed by atoms with Gasteiger partial charge in [0.05, 0.1) is 0 Å². The van der Waals surface area contributed by atoms with Crippen molar-refractivity contribution in [3.8, 4) is 0 Å². The Balaban J connectivity index is 1.97. The van der Waals surface area contributed by atoms with Gasteiger partial charge in [0.15, 0.2) is 0 Å². The Morgan fingerprint density at radius 3 is 2.44 bits per heavy atom. The molecule has 106 valence electrons. The summed E-state index contributed by atoms with van der Waals surface area (Å²) >= 11 is 0. The van der Waals surface area contributed by atoms with Crippen molar-refractivity contribution < 1.29 is 0 Å². The van der Waals surface area contributed by atoms with E-state index in [4.69, 9.17) is 0 Å². The molecule has 2 aliphatic rings. The molecule has 1 heterocycles. The number of hydrogen-bond donors (Lipinski definition) is 1. The maximum absolute atomic E-state index is 3.74. The van der Waals surface area contributed by atoms with Gasteiger partial charge in [-0.2, -0.15) is 0 Å². The predicted molar refractivity (Wildman–Crippen MR) is 78.8 cm³/mol. The Bertz CT molecular complexity index is 264. The average molecular weight is 252 g/mol. The summed E-state index contributed by atoms with van der Waals surface area (Å²) in [6.07, 6.45) is 4.16. The quantitative estimate of drug-likeness (QED) is 0.830. The van der Waals surface area contributed by atoms with Crippen LogP contribution in [-0.4, -0.2) is 36.1 Å². The smallest absolute Gasteiger partial charge is 0.0198 e. The molecule has 1 aliphatic heterocycles. The van der Waals surface area contributed by atoms with Crippen LogP contribution in [0.25, 0.3) is 0 Å². The van der Waals surface area contributed by atoms with Crippen molar-refractivity contribution in [3.05, 3.63) is 0 Å². The van der Waals surface area contributed by atoms with E-state index in [1.807, 2.05) is 0 Å². The second-order valence-electron chi connectivity index (χ2n) is 7.26. The van der Waals surface area contributed by atoms with E-state index in [1.165, 1.54) is 32.4 Å². The van der Waals surface area contributed by atoms with E-state index >= 15 is 0 Å². The molecule has 2 fully saturated rings. The van der Waals surface area contributed by atoms with Gasteiger partial charge in [-0.15, -0.1) is 0 Å². The van der Waals surface area contributed by atoms with Gasteiger partial charge in [-0.1, -0.05) is 27.7 Å². The van der Waals surface area contributed by atoms with E-state index in [0.717, 1.165) is 23.8 Å².